The smallest absolute Gasteiger partial charge is 0.262 e. The van der Waals surface area contributed by atoms with Crippen LogP contribution < -0.4 is 14.8 Å². The zero-order chi connectivity index (χ0) is 20.1. The highest BCUT2D eigenvalue weighted by Crippen LogP contribution is 2.27. The Morgan fingerprint density at radius 2 is 1.71 bits per heavy atom. The molecule has 0 aliphatic carbocycles. The topological polar surface area (TPSA) is 80.3 Å². The first-order valence-corrected chi connectivity index (χ1v) is 10.3. The molecule has 1 heterocycles. The third kappa shape index (κ3) is 4.61. The van der Waals surface area contributed by atoms with Gasteiger partial charge in [-0.15, -0.1) is 0 Å². The van der Waals surface area contributed by atoms with E-state index in [9.17, 15) is 8.42 Å². The van der Waals surface area contributed by atoms with Crippen LogP contribution in [0.2, 0.25) is 0 Å². The standard InChI is InChI=1S/C21H23N3O3S/c1-15-12-21(16(2)11-20(15)27-3)28(25,26)24-19-8-6-18(7-9-19)23-14-17-5-4-10-22-13-17/h4-13,23-24H,14H2,1-3H3. The summed E-state index contributed by atoms with van der Waals surface area (Å²) in [4.78, 5) is 4.32. The molecule has 0 amide bonds. The Kier molecular flexibility index (Phi) is 5.84. The maximum atomic E-state index is 12.8. The van der Waals surface area contributed by atoms with Crippen molar-refractivity contribution in [1.82, 2.24) is 4.98 Å². The van der Waals surface area contributed by atoms with Crippen LogP contribution in [0.4, 0.5) is 11.4 Å². The maximum absolute atomic E-state index is 12.8. The van der Waals surface area contributed by atoms with Crippen molar-refractivity contribution in [2.75, 3.05) is 17.1 Å². The maximum Gasteiger partial charge on any atom is 0.262 e. The average Bonchev–Trinajstić information content (AvgIpc) is 2.69. The molecule has 146 valence electrons. The number of benzene rings is 2. The number of sulfonamides is 1. The van der Waals surface area contributed by atoms with Crippen molar-refractivity contribution in [3.63, 3.8) is 0 Å². The summed E-state index contributed by atoms with van der Waals surface area (Å²) in [5.74, 6) is 0.667. The van der Waals surface area contributed by atoms with Crippen LogP contribution in [0.3, 0.4) is 0 Å². The van der Waals surface area contributed by atoms with E-state index in [2.05, 4.69) is 15.0 Å². The van der Waals surface area contributed by atoms with Gasteiger partial charge in [0, 0.05) is 30.3 Å². The fraction of sp³-hybridized carbons (Fsp3) is 0.190. The summed E-state index contributed by atoms with van der Waals surface area (Å²) in [7, 11) is -2.13. The van der Waals surface area contributed by atoms with Gasteiger partial charge < -0.3 is 10.1 Å². The largest absolute Gasteiger partial charge is 0.496 e. The summed E-state index contributed by atoms with van der Waals surface area (Å²) >= 11 is 0. The summed E-state index contributed by atoms with van der Waals surface area (Å²) in [6, 6.07) is 14.4. The van der Waals surface area contributed by atoms with E-state index in [-0.39, 0.29) is 4.90 Å². The van der Waals surface area contributed by atoms with Gasteiger partial charge in [-0.05, 0) is 73.0 Å². The van der Waals surface area contributed by atoms with Crippen LogP contribution in [-0.4, -0.2) is 20.5 Å². The lowest BCUT2D eigenvalue weighted by molar-refractivity contribution is 0.411. The lowest BCUT2D eigenvalue weighted by Gasteiger charge is -2.14. The Labute approximate surface area is 165 Å². The van der Waals surface area contributed by atoms with E-state index in [4.69, 9.17) is 4.74 Å². The molecule has 6 nitrogen and oxygen atoms in total. The first kappa shape index (κ1) is 19.7. The molecule has 0 aliphatic heterocycles. The minimum Gasteiger partial charge on any atom is -0.496 e. The minimum atomic E-state index is -3.69. The molecule has 1 aromatic heterocycles. The van der Waals surface area contributed by atoms with Crippen molar-refractivity contribution in [2.45, 2.75) is 25.3 Å². The molecule has 28 heavy (non-hydrogen) atoms. The molecule has 2 N–H and O–H groups in total. The Morgan fingerprint density at radius 1 is 1.00 bits per heavy atom. The summed E-state index contributed by atoms with van der Waals surface area (Å²) < 4.78 is 33.5. The first-order valence-electron chi connectivity index (χ1n) is 8.80. The number of nitrogens with one attached hydrogen (secondary N) is 2. The number of pyridine rings is 1. The third-order valence-corrected chi connectivity index (χ3v) is 5.86. The highest BCUT2D eigenvalue weighted by molar-refractivity contribution is 7.92. The predicted molar refractivity (Wildman–Crippen MR) is 111 cm³/mol. The van der Waals surface area contributed by atoms with E-state index in [1.54, 1.807) is 50.7 Å². The number of hydrogen-bond donors (Lipinski definition) is 2. The van der Waals surface area contributed by atoms with Gasteiger partial charge in [0.25, 0.3) is 10.0 Å². The molecule has 0 bridgehead atoms. The SMILES string of the molecule is COc1cc(C)c(S(=O)(=O)Nc2ccc(NCc3cccnc3)cc2)cc1C. The van der Waals surface area contributed by atoms with Gasteiger partial charge in [0.2, 0.25) is 0 Å². The zero-order valence-corrected chi connectivity index (χ0v) is 16.9. The molecule has 0 radical (unpaired) electrons. The Hall–Kier alpha value is -3.06. The number of aryl methyl sites for hydroxylation is 2. The van der Waals surface area contributed by atoms with Crippen LogP contribution in [0, 0.1) is 13.8 Å². The number of methoxy groups -OCH3 is 1. The van der Waals surface area contributed by atoms with Gasteiger partial charge in [-0.25, -0.2) is 8.42 Å². The fourth-order valence-corrected chi connectivity index (χ4v) is 4.22. The molecule has 0 fully saturated rings. The summed E-state index contributed by atoms with van der Waals surface area (Å²) in [6.07, 6.45) is 3.53. The number of nitrogens with zero attached hydrogens (tertiary/aromatic N) is 1. The molecule has 7 heteroatoms. The zero-order valence-electron chi connectivity index (χ0n) is 16.1. The summed E-state index contributed by atoms with van der Waals surface area (Å²) in [6.45, 7) is 4.21. The van der Waals surface area contributed by atoms with Crippen LogP contribution in [0.5, 0.6) is 5.75 Å². The number of anilines is 2. The highest BCUT2D eigenvalue weighted by Gasteiger charge is 2.19. The van der Waals surface area contributed by atoms with Gasteiger partial charge >= 0.3 is 0 Å². The van der Waals surface area contributed by atoms with Crippen molar-refractivity contribution in [1.29, 1.82) is 0 Å². The van der Waals surface area contributed by atoms with E-state index in [1.807, 2.05) is 31.2 Å². The van der Waals surface area contributed by atoms with Gasteiger partial charge in [0.1, 0.15) is 5.75 Å². The van der Waals surface area contributed by atoms with E-state index < -0.39 is 10.0 Å². The number of aromatic nitrogens is 1. The van der Waals surface area contributed by atoms with E-state index in [0.717, 1.165) is 16.8 Å². The van der Waals surface area contributed by atoms with Gasteiger partial charge in [0.05, 0.1) is 12.0 Å². The van der Waals surface area contributed by atoms with Crippen LogP contribution >= 0.6 is 0 Å². The van der Waals surface area contributed by atoms with E-state index in [1.165, 1.54) is 0 Å². The normalized spacial score (nSPS) is 11.1. The lowest BCUT2D eigenvalue weighted by atomic mass is 10.1. The Morgan fingerprint density at radius 3 is 2.36 bits per heavy atom. The van der Waals surface area contributed by atoms with Gasteiger partial charge in [-0.2, -0.15) is 0 Å². The average molecular weight is 398 g/mol. The van der Waals surface area contributed by atoms with Crippen LogP contribution in [0.1, 0.15) is 16.7 Å². The molecular formula is C21H23N3O3S. The van der Waals surface area contributed by atoms with E-state index in [0.29, 0.717) is 23.5 Å². The van der Waals surface area contributed by atoms with Gasteiger partial charge in [0.15, 0.2) is 0 Å². The Bertz CT molecular complexity index is 1050. The second-order valence-corrected chi connectivity index (χ2v) is 8.14. The van der Waals surface area contributed by atoms with E-state index >= 15 is 0 Å². The first-order chi connectivity index (χ1) is 13.4. The molecule has 0 saturated heterocycles. The van der Waals surface area contributed by atoms with Gasteiger partial charge in [-0.1, -0.05) is 6.07 Å². The monoisotopic (exact) mass is 397 g/mol. The number of hydrogen-bond acceptors (Lipinski definition) is 5. The summed E-state index contributed by atoms with van der Waals surface area (Å²) in [5.41, 5.74) is 3.86. The predicted octanol–water partition coefficient (Wildman–Crippen LogP) is 4.12. The van der Waals surface area contributed by atoms with Crippen LogP contribution in [0.15, 0.2) is 65.8 Å². The number of ether oxygens (including phenoxy) is 1. The molecular weight excluding hydrogens is 374 g/mol. The molecule has 0 spiro atoms. The molecule has 0 saturated carbocycles. The molecule has 3 rings (SSSR count). The van der Waals surface area contributed by atoms with Crippen molar-refractivity contribution in [2.24, 2.45) is 0 Å². The Balaban J connectivity index is 1.72. The fourth-order valence-electron chi connectivity index (χ4n) is 2.85. The third-order valence-electron chi connectivity index (χ3n) is 4.34. The number of rotatable bonds is 7. The second kappa shape index (κ2) is 8.31. The molecule has 0 atom stereocenters. The summed E-state index contributed by atoms with van der Waals surface area (Å²) in [5, 5.41) is 3.28. The van der Waals surface area contributed by atoms with Crippen molar-refractivity contribution >= 4 is 21.4 Å². The highest BCUT2D eigenvalue weighted by atomic mass is 32.2. The van der Waals surface area contributed by atoms with Crippen LogP contribution in [-0.2, 0) is 16.6 Å². The molecule has 3 aromatic rings. The quantitative estimate of drug-likeness (QED) is 0.627. The van der Waals surface area contributed by atoms with Crippen molar-refractivity contribution in [3.05, 3.63) is 77.6 Å². The second-order valence-electron chi connectivity index (χ2n) is 6.49. The molecule has 2 aromatic carbocycles. The molecule has 0 unspecified atom stereocenters. The molecule has 0 aliphatic rings. The van der Waals surface area contributed by atoms with Crippen molar-refractivity contribution < 1.29 is 13.2 Å². The van der Waals surface area contributed by atoms with Gasteiger partial charge in [-0.3, -0.25) is 9.71 Å². The van der Waals surface area contributed by atoms with Crippen LogP contribution in [0.25, 0.3) is 0 Å². The lowest BCUT2D eigenvalue weighted by Crippen LogP contribution is -2.14. The minimum absolute atomic E-state index is 0.240. The van der Waals surface area contributed by atoms with Crippen molar-refractivity contribution in [3.8, 4) is 5.75 Å².